The van der Waals surface area contributed by atoms with Crippen molar-refractivity contribution in [2.24, 2.45) is 0 Å². The Morgan fingerprint density at radius 2 is 2.32 bits per heavy atom. The summed E-state index contributed by atoms with van der Waals surface area (Å²) in [7, 11) is 1.79. The van der Waals surface area contributed by atoms with Crippen LogP contribution >= 0.6 is 0 Å². The summed E-state index contributed by atoms with van der Waals surface area (Å²) in [5.74, 6) is 1.78. The van der Waals surface area contributed by atoms with Crippen molar-refractivity contribution in [3.8, 4) is 5.75 Å². The fourth-order valence-electron chi connectivity index (χ4n) is 3.76. The fraction of sp³-hybridized carbons (Fsp3) is 0.529. The third kappa shape index (κ3) is 2.30. The summed E-state index contributed by atoms with van der Waals surface area (Å²) in [5.41, 5.74) is 4.64. The molecule has 1 atom stereocenters. The summed E-state index contributed by atoms with van der Waals surface area (Å²) in [6.07, 6.45) is 7.02. The Morgan fingerprint density at radius 1 is 1.42 bits per heavy atom. The lowest BCUT2D eigenvalue weighted by molar-refractivity contribution is 0.285. The predicted molar refractivity (Wildman–Crippen MR) is 79.0 cm³/mol. The smallest absolute Gasteiger partial charge is 0.122 e. The number of rotatable bonds is 3. The number of aryl methyl sites for hydroxylation is 1. The summed E-state index contributed by atoms with van der Waals surface area (Å²) in [6, 6.07) is 4.45. The largest absolute Gasteiger partial charge is 0.496 e. The lowest BCUT2D eigenvalue weighted by Crippen LogP contribution is -2.29. The summed E-state index contributed by atoms with van der Waals surface area (Å²) in [6.45, 7) is 7.19. The van der Waals surface area contributed by atoms with E-state index < -0.39 is 0 Å². The molecule has 0 saturated heterocycles. The summed E-state index contributed by atoms with van der Waals surface area (Å²) in [4.78, 5) is 2.53. The molecule has 0 fully saturated rings. The topological polar surface area (TPSA) is 12.5 Å². The average molecular weight is 257 g/mol. The molecule has 0 spiro atoms. The molecule has 1 aromatic rings. The van der Waals surface area contributed by atoms with E-state index in [1.165, 1.54) is 31.4 Å². The molecule has 3 rings (SSSR count). The van der Waals surface area contributed by atoms with Gasteiger partial charge in [0.2, 0.25) is 0 Å². The van der Waals surface area contributed by atoms with E-state index in [1.54, 1.807) is 18.2 Å². The van der Waals surface area contributed by atoms with E-state index in [1.807, 2.05) is 6.08 Å². The Morgan fingerprint density at radius 3 is 3.11 bits per heavy atom. The van der Waals surface area contributed by atoms with Crippen LogP contribution in [-0.4, -0.2) is 31.6 Å². The van der Waals surface area contributed by atoms with Gasteiger partial charge in [-0.3, -0.25) is 4.90 Å². The molecule has 2 heteroatoms. The molecule has 0 radical (unpaired) electrons. The van der Waals surface area contributed by atoms with E-state index in [0.717, 1.165) is 25.3 Å². The van der Waals surface area contributed by atoms with Crippen LogP contribution in [0.4, 0.5) is 0 Å². The number of hydrogen-bond donors (Lipinski definition) is 0. The predicted octanol–water partition coefficient (Wildman–Crippen LogP) is 3.16. The van der Waals surface area contributed by atoms with Crippen molar-refractivity contribution in [2.45, 2.75) is 31.6 Å². The summed E-state index contributed by atoms with van der Waals surface area (Å²) in [5, 5.41) is 0. The molecule has 0 saturated carbocycles. The second-order valence-electron chi connectivity index (χ2n) is 5.71. The van der Waals surface area contributed by atoms with Crippen molar-refractivity contribution in [2.75, 3.05) is 26.7 Å². The van der Waals surface area contributed by atoms with Gasteiger partial charge in [0.15, 0.2) is 0 Å². The zero-order valence-corrected chi connectivity index (χ0v) is 11.8. The third-order valence-corrected chi connectivity index (χ3v) is 4.58. The Kier molecular flexibility index (Phi) is 3.61. The highest BCUT2D eigenvalue weighted by molar-refractivity contribution is 5.49. The number of hydrogen-bond acceptors (Lipinski definition) is 2. The van der Waals surface area contributed by atoms with Gasteiger partial charge in [0.1, 0.15) is 5.75 Å². The molecule has 2 nitrogen and oxygen atoms in total. The second kappa shape index (κ2) is 5.38. The van der Waals surface area contributed by atoms with Crippen molar-refractivity contribution >= 4 is 0 Å². The van der Waals surface area contributed by atoms with Crippen molar-refractivity contribution in [3.63, 3.8) is 0 Å². The summed E-state index contributed by atoms with van der Waals surface area (Å²) >= 11 is 0. The highest BCUT2D eigenvalue weighted by Gasteiger charge is 2.29. The normalized spacial score (nSPS) is 22.5. The van der Waals surface area contributed by atoms with Gasteiger partial charge in [-0.15, -0.1) is 6.58 Å². The van der Waals surface area contributed by atoms with Crippen molar-refractivity contribution in [1.29, 1.82) is 0 Å². The molecule has 0 amide bonds. The van der Waals surface area contributed by atoms with Crippen LogP contribution in [0.1, 0.15) is 35.4 Å². The minimum absolute atomic E-state index is 0.691. The van der Waals surface area contributed by atoms with Gasteiger partial charge in [-0.05, 0) is 54.4 Å². The Bertz CT molecular complexity index is 480. The van der Waals surface area contributed by atoms with Crippen LogP contribution in [0, 0.1) is 0 Å². The molecule has 0 aromatic heterocycles. The number of nitrogens with zero attached hydrogens (tertiary/aromatic N) is 1. The zero-order valence-electron chi connectivity index (χ0n) is 11.8. The van der Waals surface area contributed by atoms with Gasteiger partial charge >= 0.3 is 0 Å². The van der Waals surface area contributed by atoms with Gasteiger partial charge in [0, 0.05) is 19.6 Å². The van der Waals surface area contributed by atoms with Gasteiger partial charge in [0.25, 0.3) is 0 Å². The molecule has 0 N–H and O–H groups in total. The van der Waals surface area contributed by atoms with E-state index in [-0.39, 0.29) is 0 Å². The highest BCUT2D eigenvalue weighted by atomic mass is 16.5. The molecule has 19 heavy (non-hydrogen) atoms. The van der Waals surface area contributed by atoms with Gasteiger partial charge in [-0.1, -0.05) is 12.1 Å². The first-order valence-electron chi connectivity index (χ1n) is 7.35. The highest BCUT2D eigenvalue weighted by Crippen LogP contribution is 2.40. The van der Waals surface area contributed by atoms with Crippen LogP contribution in [0.2, 0.25) is 0 Å². The molecular formula is C17H23NO. The van der Waals surface area contributed by atoms with Crippen molar-refractivity contribution in [1.82, 2.24) is 4.90 Å². The van der Waals surface area contributed by atoms with E-state index in [0.29, 0.717) is 5.92 Å². The van der Waals surface area contributed by atoms with Gasteiger partial charge in [-0.2, -0.15) is 0 Å². The van der Waals surface area contributed by atoms with E-state index >= 15 is 0 Å². The van der Waals surface area contributed by atoms with Crippen LogP contribution in [0.5, 0.6) is 5.75 Å². The Hall–Kier alpha value is -1.28. The second-order valence-corrected chi connectivity index (χ2v) is 5.71. The van der Waals surface area contributed by atoms with Crippen LogP contribution in [-0.2, 0) is 12.8 Å². The lowest BCUT2D eigenvalue weighted by Gasteiger charge is -2.29. The molecule has 102 valence electrons. The SMILES string of the molecule is C=CCN1CCc2c(OC)ccc3c2[C@@H](CCC3)C1. The number of benzene rings is 1. The minimum Gasteiger partial charge on any atom is -0.496 e. The van der Waals surface area contributed by atoms with E-state index in [4.69, 9.17) is 4.74 Å². The average Bonchev–Trinajstić information content (AvgIpc) is 2.62. The van der Waals surface area contributed by atoms with Gasteiger partial charge in [-0.25, -0.2) is 0 Å². The first-order valence-corrected chi connectivity index (χ1v) is 7.35. The first kappa shape index (κ1) is 12.7. The van der Waals surface area contributed by atoms with Crippen LogP contribution in [0.25, 0.3) is 0 Å². The molecular weight excluding hydrogens is 234 g/mol. The van der Waals surface area contributed by atoms with E-state index in [9.17, 15) is 0 Å². The number of methoxy groups -OCH3 is 1. The van der Waals surface area contributed by atoms with Crippen LogP contribution in [0.15, 0.2) is 24.8 Å². The lowest BCUT2D eigenvalue weighted by atomic mass is 9.80. The monoisotopic (exact) mass is 257 g/mol. The fourth-order valence-corrected chi connectivity index (χ4v) is 3.76. The van der Waals surface area contributed by atoms with E-state index in [2.05, 4.69) is 23.6 Å². The Labute approximate surface area is 116 Å². The Balaban J connectivity index is 2.02. The van der Waals surface area contributed by atoms with Gasteiger partial charge < -0.3 is 4.74 Å². The van der Waals surface area contributed by atoms with Gasteiger partial charge in [0.05, 0.1) is 7.11 Å². The maximum absolute atomic E-state index is 5.60. The standard InChI is InChI=1S/C17H23NO/c1-3-10-18-11-9-15-16(19-2)8-7-13-5-4-6-14(12-18)17(13)15/h3,7-8,14H,1,4-6,9-12H2,2H3/t14-/m0/s1. The molecule has 1 aliphatic heterocycles. The maximum atomic E-state index is 5.60. The molecule has 2 aliphatic rings. The van der Waals surface area contributed by atoms with Crippen molar-refractivity contribution < 1.29 is 4.74 Å². The van der Waals surface area contributed by atoms with Crippen LogP contribution in [0.3, 0.4) is 0 Å². The molecule has 0 bridgehead atoms. The first-order chi connectivity index (χ1) is 9.33. The molecule has 0 unspecified atom stereocenters. The molecule has 1 heterocycles. The molecule has 1 aromatic carbocycles. The van der Waals surface area contributed by atoms with Crippen molar-refractivity contribution in [3.05, 3.63) is 41.5 Å². The zero-order chi connectivity index (χ0) is 13.2. The third-order valence-electron chi connectivity index (χ3n) is 4.58. The minimum atomic E-state index is 0.691. The quantitative estimate of drug-likeness (QED) is 0.771. The number of ether oxygens (including phenoxy) is 1. The summed E-state index contributed by atoms with van der Waals surface area (Å²) < 4.78 is 5.60. The van der Waals surface area contributed by atoms with Crippen LogP contribution < -0.4 is 4.74 Å². The molecule has 1 aliphatic carbocycles. The maximum Gasteiger partial charge on any atom is 0.122 e.